The summed E-state index contributed by atoms with van der Waals surface area (Å²) in [6, 6.07) is 9.41. The van der Waals surface area contributed by atoms with Crippen molar-refractivity contribution in [3.8, 4) is 0 Å². The maximum Gasteiger partial charge on any atom is 0.326 e. The number of nitrogens with zero attached hydrogens (tertiary/aromatic N) is 1. The maximum atomic E-state index is 13.8. The van der Waals surface area contributed by atoms with Crippen molar-refractivity contribution in [2.24, 2.45) is 5.73 Å². The van der Waals surface area contributed by atoms with Gasteiger partial charge in [0, 0.05) is 11.3 Å². The van der Waals surface area contributed by atoms with E-state index in [0.717, 1.165) is 22.4 Å². The Bertz CT molecular complexity index is 980. The van der Waals surface area contributed by atoms with E-state index in [2.05, 4.69) is 5.32 Å². The number of unbranched alkanes of at least 4 members (excludes halogenated alkanes) is 1. The summed E-state index contributed by atoms with van der Waals surface area (Å²) in [5.41, 5.74) is 7.73. The van der Waals surface area contributed by atoms with Crippen LogP contribution in [0, 0.1) is 0 Å². The average molecular weight is 502 g/mol. The first-order valence-corrected chi connectivity index (χ1v) is 13.1. The molecule has 0 saturated carbocycles. The highest BCUT2D eigenvalue weighted by atomic mass is 32.1. The summed E-state index contributed by atoms with van der Waals surface area (Å²) in [5, 5.41) is 15.0. The van der Waals surface area contributed by atoms with Crippen LogP contribution in [0.25, 0.3) is 0 Å². The smallest absolute Gasteiger partial charge is 0.326 e. The zero-order chi connectivity index (χ0) is 25.2. The summed E-state index contributed by atoms with van der Waals surface area (Å²) in [7, 11) is 0. The SMILES string of the molecule is CCOC(=O)[C@H](CCc1ccccc1)N[C@@H](CCCCN)C(=O)N1Cc2sccc2CC1C(=O)O. The standard InChI is InChI=1S/C26H35N3O5S/c1-2-34-26(33)21(12-11-18-8-4-3-5-9-18)28-20(10-6-7-14-27)24(30)29-17-23-19(13-15-35-23)16-22(29)25(31)32/h3-5,8-9,13,15,20-22,28H,2,6-7,10-12,14,16-17,27H2,1H3,(H,31,32)/t20-,21-,22?/m0/s1. The molecule has 2 aromatic rings. The monoisotopic (exact) mass is 501 g/mol. The van der Waals surface area contributed by atoms with Crippen LogP contribution in [0.4, 0.5) is 0 Å². The van der Waals surface area contributed by atoms with Gasteiger partial charge >= 0.3 is 11.9 Å². The van der Waals surface area contributed by atoms with Crippen molar-refractivity contribution in [1.82, 2.24) is 10.2 Å². The number of carboxylic acids is 1. The molecule has 0 radical (unpaired) electrons. The molecule has 3 atom stereocenters. The molecule has 3 rings (SSSR count). The molecule has 1 unspecified atom stereocenters. The second-order valence-corrected chi connectivity index (χ2v) is 9.73. The molecule has 190 valence electrons. The van der Waals surface area contributed by atoms with Gasteiger partial charge in [0.2, 0.25) is 5.91 Å². The van der Waals surface area contributed by atoms with Gasteiger partial charge in [0.1, 0.15) is 12.1 Å². The van der Waals surface area contributed by atoms with Gasteiger partial charge in [0.05, 0.1) is 19.2 Å². The van der Waals surface area contributed by atoms with E-state index in [-0.39, 0.29) is 25.5 Å². The number of benzene rings is 1. The Kier molecular flexibility index (Phi) is 10.3. The van der Waals surface area contributed by atoms with Crippen molar-refractivity contribution >= 4 is 29.2 Å². The van der Waals surface area contributed by atoms with Crippen LogP contribution < -0.4 is 11.1 Å². The van der Waals surface area contributed by atoms with E-state index in [1.165, 1.54) is 16.2 Å². The number of nitrogens with two attached hydrogens (primary N) is 1. The minimum absolute atomic E-state index is 0.239. The molecule has 1 aliphatic rings. The number of rotatable bonds is 13. The van der Waals surface area contributed by atoms with E-state index in [0.29, 0.717) is 32.2 Å². The number of amides is 1. The number of thiophene rings is 1. The largest absolute Gasteiger partial charge is 0.480 e. The Balaban J connectivity index is 1.80. The molecule has 0 fully saturated rings. The van der Waals surface area contributed by atoms with Crippen molar-refractivity contribution in [1.29, 1.82) is 0 Å². The van der Waals surface area contributed by atoms with Crippen LogP contribution in [-0.4, -0.2) is 59.1 Å². The van der Waals surface area contributed by atoms with Gasteiger partial charge in [-0.2, -0.15) is 0 Å². The van der Waals surface area contributed by atoms with Gasteiger partial charge in [-0.1, -0.05) is 36.8 Å². The lowest BCUT2D eigenvalue weighted by atomic mass is 9.97. The second-order valence-electron chi connectivity index (χ2n) is 8.73. The number of carboxylic acid groups (broad SMARTS) is 1. The summed E-state index contributed by atoms with van der Waals surface area (Å²) < 4.78 is 5.30. The molecule has 8 nitrogen and oxygen atoms in total. The van der Waals surface area contributed by atoms with Crippen molar-refractivity contribution in [2.75, 3.05) is 13.2 Å². The highest BCUT2D eigenvalue weighted by Crippen LogP contribution is 2.29. The molecule has 0 bridgehead atoms. The fourth-order valence-corrected chi connectivity index (χ4v) is 5.32. The first-order chi connectivity index (χ1) is 16.9. The van der Waals surface area contributed by atoms with Gasteiger partial charge in [-0.05, 0) is 61.7 Å². The van der Waals surface area contributed by atoms with Crippen molar-refractivity contribution in [3.05, 3.63) is 57.8 Å². The highest BCUT2D eigenvalue weighted by Gasteiger charge is 2.39. The molecule has 9 heteroatoms. The quantitative estimate of drug-likeness (QED) is 0.285. The molecule has 2 heterocycles. The Morgan fingerprint density at radius 1 is 1.17 bits per heavy atom. The van der Waals surface area contributed by atoms with E-state index < -0.39 is 30.1 Å². The predicted molar refractivity (Wildman–Crippen MR) is 135 cm³/mol. The van der Waals surface area contributed by atoms with Gasteiger partial charge < -0.3 is 20.5 Å². The lowest BCUT2D eigenvalue weighted by Gasteiger charge is -2.36. The normalized spacial score (nSPS) is 16.9. The topological polar surface area (TPSA) is 122 Å². The first-order valence-electron chi connectivity index (χ1n) is 12.2. The van der Waals surface area contributed by atoms with Gasteiger partial charge in [-0.25, -0.2) is 4.79 Å². The summed E-state index contributed by atoms with van der Waals surface area (Å²) in [5.74, 6) is -1.74. The third-order valence-electron chi connectivity index (χ3n) is 6.29. The maximum absolute atomic E-state index is 13.8. The van der Waals surface area contributed by atoms with Crippen LogP contribution in [0.2, 0.25) is 0 Å². The number of nitrogens with one attached hydrogen (secondary N) is 1. The summed E-state index contributed by atoms with van der Waals surface area (Å²) in [6.07, 6.45) is 3.26. The summed E-state index contributed by atoms with van der Waals surface area (Å²) >= 11 is 1.53. The second kappa shape index (κ2) is 13.4. The molecule has 1 aromatic carbocycles. The van der Waals surface area contributed by atoms with Crippen LogP contribution in [0.5, 0.6) is 0 Å². The Hall–Kier alpha value is -2.75. The minimum atomic E-state index is -1.03. The average Bonchev–Trinajstić information content (AvgIpc) is 3.32. The predicted octanol–water partition coefficient (Wildman–Crippen LogP) is 2.74. The van der Waals surface area contributed by atoms with Crippen LogP contribution in [0.1, 0.15) is 48.6 Å². The molecule has 1 aromatic heterocycles. The lowest BCUT2D eigenvalue weighted by molar-refractivity contribution is -0.153. The molecule has 0 aliphatic carbocycles. The Morgan fingerprint density at radius 2 is 1.94 bits per heavy atom. The Labute approximate surface area is 210 Å². The molecule has 35 heavy (non-hydrogen) atoms. The van der Waals surface area contributed by atoms with Crippen LogP contribution in [0.3, 0.4) is 0 Å². The van der Waals surface area contributed by atoms with Gasteiger partial charge in [0.15, 0.2) is 0 Å². The molecular weight excluding hydrogens is 466 g/mol. The number of aliphatic carboxylic acids is 1. The van der Waals surface area contributed by atoms with E-state index in [1.54, 1.807) is 6.92 Å². The molecule has 1 amide bonds. The molecule has 0 spiro atoms. The summed E-state index contributed by atoms with van der Waals surface area (Å²) in [6.45, 7) is 2.74. The highest BCUT2D eigenvalue weighted by molar-refractivity contribution is 7.10. The number of aryl methyl sites for hydroxylation is 1. The fraction of sp³-hybridized carbons (Fsp3) is 0.500. The van der Waals surface area contributed by atoms with Gasteiger partial charge in [-0.3, -0.25) is 14.9 Å². The third kappa shape index (κ3) is 7.37. The fourth-order valence-electron chi connectivity index (χ4n) is 4.40. The number of hydrogen-bond acceptors (Lipinski definition) is 7. The first kappa shape index (κ1) is 26.8. The van der Waals surface area contributed by atoms with E-state index in [1.807, 2.05) is 41.8 Å². The number of ether oxygens (including phenoxy) is 1. The zero-order valence-corrected chi connectivity index (χ0v) is 21.0. The Morgan fingerprint density at radius 3 is 2.63 bits per heavy atom. The molecular formula is C26H35N3O5S. The van der Waals surface area contributed by atoms with Gasteiger partial charge in [0.25, 0.3) is 0 Å². The van der Waals surface area contributed by atoms with E-state index in [9.17, 15) is 19.5 Å². The number of hydrogen-bond donors (Lipinski definition) is 3. The number of carbonyl (C=O) groups is 3. The zero-order valence-electron chi connectivity index (χ0n) is 20.2. The molecule has 1 aliphatic heterocycles. The summed E-state index contributed by atoms with van der Waals surface area (Å²) in [4.78, 5) is 41.1. The van der Waals surface area contributed by atoms with Crippen LogP contribution in [0.15, 0.2) is 41.8 Å². The van der Waals surface area contributed by atoms with E-state index in [4.69, 9.17) is 10.5 Å². The van der Waals surface area contributed by atoms with E-state index >= 15 is 0 Å². The number of carbonyl (C=O) groups excluding carboxylic acids is 2. The third-order valence-corrected chi connectivity index (χ3v) is 7.24. The minimum Gasteiger partial charge on any atom is -0.480 e. The van der Waals surface area contributed by atoms with Crippen molar-refractivity contribution < 1.29 is 24.2 Å². The number of esters is 1. The van der Waals surface area contributed by atoms with Crippen molar-refractivity contribution in [3.63, 3.8) is 0 Å². The molecule has 4 N–H and O–H groups in total. The van der Waals surface area contributed by atoms with Crippen molar-refractivity contribution in [2.45, 2.75) is 70.1 Å². The lowest BCUT2D eigenvalue weighted by Crippen LogP contribution is -2.57. The van der Waals surface area contributed by atoms with Gasteiger partial charge in [-0.15, -0.1) is 11.3 Å². The number of fused-ring (bicyclic) bond motifs is 1. The van der Waals surface area contributed by atoms with Crippen LogP contribution in [-0.2, 0) is 38.5 Å². The van der Waals surface area contributed by atoms with Crippen LogP contribution >= 0.6 is 11.3 Å². The molecule has 0 saturated heterocycles.